The molecule has 290 valence electrons. The van der Waals surface area contributed by atoms with Crippen molar-refractivity contribution in [3.05, 3.63) is 144 Å². The van der Waals surface area contributed by atoms with Crippen molar-refractivity contribution in [1.29, 1.82) is 0 Å². The minimum absolute atomic E-state index is 0.244. The molecule has 4 nitrogen and oxygen atoms in total. The maximum Gasteiger partial charge on any atom is 0.634 e. The molecule has 1 atom stereocenters. The molecule has 2 N–H and O–H groups in total. The SMILES string of the molecule is CCC(c1cccc2ccccc12)C(OB(O)O)(c1cccc2ccccc12)c1cccc2ccccc12.CCCC[N+](CCCC)(CCCC)CCCC. The number of quaternary nitrogens is 1. The Bertz CT molecular complexity index is 1930. The van der Waals surface area contributed by atoms with E-state index >= 15 is 0 Å². The first-order valence-corrected chi connectivity index (χ1v) is 21.2. The Labute approximate surface area is 331 Å². The van der Waals surface area contributed by atoms with Gasteiger partial charge in [0.2, 0.25) is 0 Å². The van der Waals surface area contributed by atoms with Gasteiger partial charge in [0.1, 0.15) is 5.60 Å². The highest BCUT2D eigenvalue weighted by atomic mass is 16.6. The summed E-state index contributed by atoms with van der Waals surface area (Å²) in [7, 11) is -1.99. The fraction of sp³-hybridized carbons (Fsp3) is 0.400. The topological polar surface area (TPSA) is 49.7 Å². The van der Waals surface area contributed by atoms with E-state index in [0.717, 1.165) is 49.0 Å². The molecule has 0 aliphatic carbocycles. The summed E-state index contributed by atoms with van der Waals surface area (Å²) >= 11 is 0. The molecule has 5 heteroatoms. The smallest absolute Gasteiger partial charge is 0.402 e. The molecule has 0 amide bonds. The number of benzene rings is 6. The summed E-state index contributed by atoms with van der Waals surface area (Å²) in [6.07, 6.45) is 11.8. The standard InChI is InChI=1S/C34H29BO3.C16H36N/c1-2-31(30-21-9-15-24-12-3-6-18-27(24)30)34(38-35(36)37,32-22-10-16-25-13-4-7-19-28(25)32)33-23-11-17-26-14-5-8-20-29(26)33;1-5-9-13-17(14-10-6-2,15-11-7-3)16-12-8-4/h3-23,31,36-37H,2H2,1H3;5-16H2,1-4H3/q;+1. The van der Waals surface area contributed by atoms with Crippen LogP contribution in [0.3, 0.4) is 0 Å². The lowest BCUT2D eigenvalue weighted by Gasteiger charge is -2.43. The van der Waals surface area contributed by atoms with Crippen molar-refractivity contribution in [2.45, 2.75) is 104 Å². The quantitative estimate of drug-likeness (QED) is 0.0643. The second-order valence-electron chi connectivity index (χ2n) is 15.4. The number of rotatable bonds is 19. The van der Waals surface area contributed by atoms with Crippen LogP contribution >= 0.6 is 0 Å². The summed E-state index contributed by atoms with van der Waals surface area (Å²) in [5.74, 6) is -0.244. The van der Waals surface area contributed by atoms with E-state index in [0.29, 0.717) is 6.42 Å². The van der Waals surface area contributed by atoms with Crippen molar-refractivity contribution in [2.24, 2.45) is 0 Å². The summed E-state index contributed by atoms with van der Waals surface area (Å²) in [5, 5.41) is 27.6. The first-order valence-electron chi connectivity index (χ1n) is 21.2. The van der Waals surface area contributed by atoms with Gasteiger partial charge in [0, 0.05) is 5.92 Å². The van der Waals surface area contributed by atoms with E-state index in [-0.39, 0.29) is 5.92 Å². The Morgan fingerprint density at radius 1 is 0.491 bits per heavy atom. The van der Waals surface area contributed by atoms with E-state index in [1.807, 2.05) is 42.5 Å². The monoisotopic (exact) mass is 739 g/mol. The molecular weight excluding hydrogens is 673 g/mol. The molecule has 0 saturated carbocycles. The predicted molar refractivity (Wildman–Crippen MR) is 236 cm³/mol. The highest BCUT2D eigenvalue weighted by Crippen LogP contribution is 2.52. The second kappa shape index (κ2) is 20.8. The van der Waals surface area contributed by atoms with Gasteiger partial charge in [0.15, 0.2) is 0 Å². The molecule has 0 spiro atoms. The summed E-state index contributed by atoms with van der Waals surface area (Å²) in [5.41, 5.74) is 1.70. The van der Waals surface area contributed by atoms with Crippen LogP contribution in [0.4, 0.5) is 0 Å². The van der Waals surface area contributed by atoms with Crippen LogP contribution in [0, 0.1) is 0 Å². The van der Waals surface area contributed by atoms with Gasteiger partial charge in [-0.25, -0.2) is 0 Å². The van der Waals surface area contributed by atoms with Gasteiger partial charge in [-0.05, 0) is 81.1 Å². The maximum atomic E-state index is 10.6. The van der Waals surface area contributed by atoms with Crippen LogP contribution in [-0.2, 0) is 10.3 Å². The number of unbranched alkanes of at least 4 members (excludes halogenated alkanes) is 4. The van der Waals surface area contributed by atoms with Crippen molar-refractivity contribution >= 4 is 39.6 Å². The Kier molecular flexibility index (Phi) is 15.9. The number of hydrogen-bond donors (Lipinski definition) is 2. The summed E-state index contributed by atoms with van der Waals surface area (Å²) in [6.45, 7) is 17.2. The lowest BCUT2D eigenvalue weighted by molar-refractivity contribution is -0.929. The van der Waals surface area contributed by atoms with Gasteiger partial charge in [-0.1, -0.05) is 188 Å². The van der Waals surface area contributed by atoms with E-state index in [1.165, 1.54) is 82.0 Å². The molecule has 55 heavy (non-hydrogen) atoms. The minimum Gasteiger partial charge on any atom is -0.402 e. The Morgan fingerprint density at radius 2 is 0.855 bits per heavy atom. The van der Waals surface area contributed by atoms with Crippen molar-refractivity contribution in [1.82, 2.24) is 0 Å². The summed E-state index contributed by atoms with van der Waals surface area (Å²) in [6, 6.07) is 43.5. The van der Waals surface area contributed by atoms with E-state index in [1.54, 1.807) is 0 Å². The third kappa shape index (κ3) is 9.88. The van der Waals surface area contributed by atoms with Gasteiger partial charge in [-0.15, -0.1) is 0 Å². The number of hydrogen-bond acceptors (Lipinski definition) is 3. The zero-order valence-electron chi connectivity index (χ0n) is 34.2. The van der Waals surface area contributed by atoms with Crippen molar-refractivity contribution < 1.29 is 19.2 Å². The molecule has 0 radical (unpaired) electrons. The molecule has 0 aromatic heterocycles. The van der Waals surface area contributed by atoms with Crippen LogP contribution in [0.5, 0.6) is 0 Å². The third-order valence-corrected chi connectivity index (χ3v) is 11.7. The second-order valence-corrected chi connectivity index (χ2v) is 15.4. The van der Waals surface area contributed by atoms with Crippen molar-refractivity contribution in [3.8, 4) is 0 Å². The van der Waals surface area contributed by atoms with Crippen LogP contribution in [0.25, 0.3) is 32.3 Å². The Morgan fingerprint density at radius 3 is 1.25 bits per heavy atom. The maximum absolute atomic E-state index is 10.6. The molecule has 0 saturated heterocycles. The first-order chi connectivity index (χ1) is 26.9. The zero-order chi connectivity index (χ0) is 39.1. The largest absolute Gasteiger partial charge is 0.634 e. The molecule has 6 aromatic carbocycles. The van der Waals surface area contributed by atoms with Crippen LogP contribution in [-0.4, -0.2) is 48.0 Å². The van der Waals surface area contributed by atoms with Gasteiger partial charge >= 0.3 is 7.32 Å². The zero-order valence-corrected chi connectivity index (χ0v) is 34.2. The molecule has 0 aliphatic heterocycles. The van der Waals surface area contributed by atoms with Gasteiger partial charge in [0.05, 0.1) is 26.2 Å². The lowest BCUT2D eigenvalue weighted by atomic mass is 9.68. The molecule has 0 bridgehead atoms. The van der Waals surface area contributed by atoms with Gasteiger partial charge in [-0.2, -0.15) is 0 Å². The Balaban J connectivity index is 0.000000290. The van der Waals surface area contributed by atoms with Crippen LogP contribution in [0.15, 0.2) is 127 Å². The van der Waals surface area contributed by atoms with E-state index in [9.17, 15) is 10.0 Å². The number of fused-ring (bicyclic) bond motifs is 3. The van der Waals surface area contributed by atoms with Crippen molar-refractivity contribution in [3.63, 3.8) is 0 Å². The predicted octanol–water partition coefficient (Wildman–Crippen LogP) is 12.6. The summed E-state index contributed by atoms with van der Waals surface area (Å²) < 4.78 is 7.91. The molecular formula is C50H65BNO3+. The molecule has 0 heterocycles. The minimum atomic E-state index is -1.99. The van der Waals surface area contributed by atoms with Crippen molar-refractivity contribution in [2.75, 3.05) is 26.2 Å². The van der Waals surface area contributed by atoms with Gasteiger partial charge < -0.3 is 19.2 Å². The number of nitrogens with zero attached hydrogens (tertiary/aromatic N) is 1. The molecule has 6 aromatic rings. The molecule has 6 rings (SSSR count). The average molecular weight is 739 g/mol. The lowest BCUT2D eigenvalue weighted by Crippen LogP contribution is -2.50. The first kappa shape index (κ1) is 42.2. The van der Waals surface area contributed by atoms with E-state index < -0.39 is 12.9 Å². The van der Waals surface area contributed by atoms with Gasteiger partial charge in [0.25, 0.3) is 0 Å². The molecule has 0 fully saturated rings. The van der Waals surface area contributed by atoms with E-state index in [4.69, 9.17) is 4.65 Å². The van der Waals surface area contributed by atoms with Crippen LogP contribution in [0.2, 0.25) is 0 Å². The highest BCUT2D eigenvalue weighted by molar-refractivity contribution is 6.33. The van der Waals surface area contributed by atoms with Crippen LogP contribution < -0.4 is 0 Å². The summed E-state index contributed by atoms with van der Waals surface area (Å²) in [4.78, 5) is 0. The van der Waals surface area contributed by atoms with Crippen LogP contribution in [0.1, 0.15) is 115 Å². The Hall–Kier alpha value is -4.00. The molecule has 1 unspecified atom stereocenters. The highest BCUT2D eigenvalue weighted by Gasteiger charge is 2.48. The average Bonchev–Trinajstić information content (AvgIpc) is 3.22. The fourth-order valence-electron chi connectivity index (χ4n) is 8.92. The fourth-order valence-corrected chi connectivity index (χ4v) is 8.92. The molecule has 0 aliphatic rings. The third-order valence-electron chi connectivity index (χ3n) is 11.7. The van der Waals surface area contributed by atoms with Gasteiger partial charge in [-0.3, -0.25) is 0 Å². The normalized spacial score (nSPS) is 12.5. The van der Waals surface area contributed by atoms with E-state index in [2.05, 4.69) is 120 Å².